The Morgan fingerprint density at radius 2 is 1.76 bits per heavy atom. The first-order valence-corrected chi connectivity index (χ1v) is 11.3. The number of aromatic amines is 1. The van der Waals surface area contributed by atoms with Crippen molar-refractivity contribution in [3.63, 3.8) is 0 Å². The van der Waals surface area contributed by atoms with Crippen LogP contribution in [0.2, 0.25) is 5.02 Å². The molecule has 3 N–H and O–H groups in total. The monoisotopic (exact) mass is 538 g/mol. The minimum atomic E-state index is -2.74. The molecular weight excluding hydrogens is 524 g/mol. The minimum absolute atomic E-state index is 0.0775. The summed E-state index contributed by atoms with van der Waals surface area (Å²) in [4.78, 5) is 7.60. The number of nitriles is 1. The van der Waals surface area contributed by atoms with Crippen LogP contribution in [0.5, 0.6) is 0 Å². The molecule has 8 nitrogen and oxygen atoms in total. The zero-order chi connectivity index (χ0) is 26.8. The maximum atomic E-state index is 13.8. The van der Waals surface area contributed by atoms with Gasteiger partial charge in [-0.05, 0) is 17.7 Å². The summed E-state index contributed by atoms with van der Waals surface area (Å²) >= 11 is 6.53. The van der Waals surface area contributed by atoms with Crippen LogP contribution >= 0.6 is 11.6 Å². The van der Waals surface area contributed by atoms with Crippen LogP contribution in [-0.2, 0) is 0 Å². The summed E-state index contributed by atoms with van der Waals surface area (Å²) in [7, 11) is 0. The molecule has 0 bridgehead atoms. The van der Waals surface area contributed by atoms with E-state index >= 15 is 0 Å². The highest BCUT2D eigenvalue weighted by atomic mass is 35.5. The van der Waals surface area contributed by atoms with Crippen LogP contribution < -0.4 is 10.6 Å². The number of aromatic nitrogens is 5. The Hall–Kier alpha value is -4.76. The third-order valence-electron chi connectivity index (χ3n) is 5.69. The molecule has 2 aromatic carbocycles. The average molecular weight is 539 g/mol. The number of H-pyrrole nitrogens is 1. The fourth-order valence-corrected chi connectivity index (χ4v) is 4.26. The van der Waals surface area contributed by atoms with Gasteiger partial charge in [0.15, 0.2) is 5.82 Å². The molecular formula is C25H15ClF4N8. The summed E-state index contributed by atoms with van der Waals surface area (Å²) in [5.41, 5.74) is 1.47. The standard InChI is InChI=1S/C25H15ClF4N8/c26-18-6-13(35-23(20-11-34-38-37-20)15-3-1-2-4-16(15)24(28)29)5-17-21(12(8-31)9-32-22(17)18)36-14-7-19(27)25(30)33-10-14/h1-7,9-11,23-24,35H,(H,32,36)(H,34,37,38). The molecule has 0 radical (unpaired) electrons. The van der Waals surface area contributed by atoms with E-state index in [9.17, 15) is 22.8 Å². The van der Waals surface area contributed by atoms with Gasteiger partial charge >= 0.3 is 0 Å². The highest BCUT2D eigenvalue weighted by molar-refractivity contribution is 6.36. The Balaban J connectivity index is 1.63. The lowest BCUT2D eigenvalue weighted by Gasteiger charge is -2.22. The second-order valence-corrected chi connectivity index (χ2v) is 8.44. The molecule has 1 unspecified atom stereocenters. The van der Waals surface area contributed by atoms with Gasteiger partial charge in [-0.15, -0.1) is 0 Å². The largest absolute Gasteiger partial charge is 0.373 e. The van der Waals surface area contributed by atoms with E-state index < -0.39 is 24.2 Å². The second-order valence-electron chi connectivity index (χ2n) is 8.04. The lowest BCUT2D eigenvalue weighted by atomic mass is 9.97. The first-order chi connectivity index (χ1) is 18.4. The molecule has 0 amide bonds. The zero-order valence-electron chi connectivity index (χ0n) is 19.1. The third-order valence-corrected chi connectivity index (χ3v) is 5.98. The molecule has 5 rings (SSSR count). The van der Waals surface area contributed by atoms with E-state index in [0.29, 0.717) is 22.3 Å². The van der Waals surface area contributed by atoms with Gasteiger partial charge in [-0.25, -0.2) is 18.2 Å². The van der Waals surface area contributed by atoms with Gasteiger partial charge in [0.05, 0.1) is 45.9 Å². The fourth-order valence-electron chi connectivity index (χ4n) is 4.00. The normalized spacial score (nSPS) is 11.9. The van der Waals surface area contributed by atoms with Crippen LogP contribution in [0.25, 0.3) is 10.9 Å². The van der Waals surface area contributed by atoms with Gasteiger partial charge in [-0.2, -0.15) is 25.1 Å². The SMILES string of the molecule is N#Cc1cnc2c(Cl)cc(NC(c3cn[nH]n3)c3ccccc3C(F)F)cc2c1Nc1cnc(F)c(F)c1. The maximum absolute atomic E-state index is 13.8. The molecule has 0 fully saturated rings. The predicted molar refractivity (Wildman–Crippen MR) is 132 cm³/mol. The molecule has 3 aromatic heterocycles. The number of nitrogens with one attached hydrogen (secondary N) is 3. The number of anilines is 3. The van der Waals surface area contributed by atoms with Crippen LogP contribution in [0.3, 0.4) is 0 Å². The molecule has 0 saturated heterocycles. The molecule has 38 heavy (non-hydrogen) atoms. The van der Waals surface area contributed by atoms with Crippen molar-refractivity contribution in [2.75, 3.05) is 10.6 Å². The van der Waals surface area contributed by atoms with Crippen LogP contribution in [0.15, 0.2) is 61.1 Å². The van der Waals surface area contributed by atoms with Gasteiger partial charge in [-0.3, -0.25) is 4.98 Å². The summed E-state index contributed by atoms with van der Waals surface area (Å²) in [6, 6.07) is 11.2. The topological polar surface area (TPSA) is 115 Å². The summed E-state index contributed by atoms with van der Waals surface area (Å²) in [5.74, 6) is -2.45. The molecule has 0 spiro atoms. The molecule has 1 atom stereocenters. The predicted octanol–water partition coefficient (Wildman–Crippen LogP) is 6.43. The van der Waals surface area contributed by atoms with E-state index in [1.165, 1.54) is 24.5 Å². The van der Waals surface area contributed by atoms with E-state index in [2.05, 4.69) is 36.0 Å². The van der Waals surface area contributed by atoms with Gasteiger partial charge in [0.2, 0.25) is 5.95 Å². The van der Waals surface area contributed by atoms with E-state index in [0.717, 1.165) is 12.3 Å². The number of benzene rings is 2. The highest BCUT2D eigenvalue weighted by Crippen LogP contribution is 2.38. The summed E-state index contributed by atoms with van der Waals surface area (Å²) in [5, 5.41) is 26.6. The lowest BCUT2D eigenvalue weighted by Crippen LogP contribution is -2.15. The number of hydrogen-bond donors (Lipinski definition) is 3. The molecule has 13 heteroatoms. The summed E-state index contributed by atoms with van der Waals surface area (Å²) in [6.07, 6.45) is 1.01. The smallest absolute Gasteiger partial charge is 0.264 e. The Morgan fingerprint density at radius 3 is 2.45 bits per heavy atom. The van der Waals surface area contributed by atoms with Crippen LogP contribution in [0, 0.1) is 23.1 Å². The molecule has 5 aromatic rings. The number of rotatable bonds is 7. The Morgan fingerprint density at radius 1 is 0.974 bits per heavy atom. The number of nitrogens with zero attached hydrogens (tertiary/aromatic N) is 5. The quantitative estimate of drug-likeness (QED) is 0.161. The maximum Gasteiger partial charge on any atom is 0.264 e. The van der Waals surface area contributed by atoms with Crippen molar-refractivity contribution >= 4 is 39.6 Å². The Kier molecular flexibility index (Phi) is 6.76. The average Bonchev–Trinajstić information content (AvgIpc) is 3.44. The number of hydrogen-bond acceptors (Lipinski definition) is 7. The van der Waals surface area contributed by atoms with Crippen molar-refractivity contribution in [3.8, 4) is 6.07 Å². The second kappa shape index (κ2) is 10.3. The molecule has 0 aliphatic heterocycles. The van der Waals surface area contributed by atoms with Crippen molar-refractivity contribution in [2.24, 2.45) is 0 Å². The summed E-state index contributed by atoms with van der Waals surface area (Å²) in [6.45, 7) is 0. The van der Waals surface area contributed by atoms with E-state index in [-0.39, 0.29) is 33.1 Å². The van der Waals surface area contributed by atoms with Gasteiger partial charge in [0.25, 0.3) is 6.43 Å². The van der Waals surface area contributed by atoms with E-state index in [1.54, 1.807) is 24.3 Å². The van der Waals surface area contributed by atoms with Crippen LogP contribution in [0.4, 0.5) is 34.6 Å². The van der Waals surface area contributed by atoms with Crippen molar-refractivity contribution in [2.45, 2.75) is 12.5 Å². The molecule has 0 saturated carbocycles. The first kappa shape index (κ1) is 24.9. The number of fused-ring (bicyclic) bond motifs is 1. The van der Waals surface area contributed by atoms with Crippen molar-refractivity contribution < 1.29 is 17.6 Å². The Bertz CT molecular complexity index is 1670. The summed E-state index contributed by atoms with van der Waals surface area (Å²) < 4.78 is 54.8. The van der Waals surface area contributed by atoms with Crippen molar-refractivity contribution in [1.82, 2.24) is 25.4 Å². The number of halogens is 5. The molecule has 3 heterocycles. The van der Waals surface area contributed by atoms with E-state index in [4.69, 9.17) is 11.6 Å². The molecule has 0 aliphatic rings. The lowest BCUT2D eigenvalue weighted by molar-refractivity contribution is 0.150. The fraction of sp³-hybridized carbons (Fsp3) is 0.0800. The van der Waals surface area contributed by atoms with Gasteiger partial charge in [-0.1, -0.05) is 35.9 Å². The number of alkyl halides is 2. The molecule has 190 valence electrons. The van der Waals surface area contributed by atoms with Crippen molar-refractivity contribution in [1.29, 1.82) is 5.26 Å². The third kappa shape index (κ3) is 4.79. The Labute approximate surface area is 217 Å². The highest BCUT2D eigenvalue weighted by Gasteiger charge is 2.24. The molecule has 0 aliphatic carbocycles. The van der Waals surface area contributed by atoms with Crippen LogP contribution in [0.1, 0.15) is 34.9 Å². The van der Waals surface area contributed by atoms with Gasteiger partial charge in [0, 0.05) is 28.9 Å². The van der Waals surface area contributed by atoms with Gasteiger partial charge < -0.3 is 10.6 Å². The van der Waals surface area contributed by atoms with Crippen molar-refractivity contribution in [3.05, 3.63) is 100 Å². The van der Waals surface area contributed by atoms with E-state index in [1.807, 2.05) is 6.07 Å². The van der Waals surface area contributed by atoms with Gasteiger partial charge in [0.1, 0.15) is 11.8 Å². The van der Waals surface area contributed by atoms with Crippen LogP contribution in [-0.4, -0.2) is 25.4 Å². The minimum Gasteiger partial charge on any atom is -0.373 e. The number of pyridine rings is 2. The first-order valence-electron chi connectivity index (χ1n) is 10.9. The zero-order valence-corrected chi connectivity index (χ0v) is 19.8.